The molecule has 0 aliphatic heterocycles. The molecule has 0 atom stereocenters. The third kappa shape index (κ3) is 4.01. The van der Waals surface area contributed by atoms with Gasteiger partial charge in [-0.1, -0.05) is 30.3 Å². The molecule has 22 heavy (non-hydrogen) atoms. The van der Waals surface area contributed by atoms with Crippen LogP contribution >= 0.6 is 0 Å². The largest absolute Gasteiger partial charge is 0.497 e. The zero-order valence-electron chi connectivity index (χ0n) is 13.2. The molecular weight excluding hydrogens is 278 g/mol. The lowest BCUT2D eigenvalue weighted by atomic mass is 10.1. The van der Waals surface area contributed by atoms with Gasteiger partial charge in [-0.2, -0.15) is 0 Å². The average molecular weight is 299 g/mol. The van der Waals surface area contributed by atoms with E-state index in [1.807, 2.05) is 48.5 Å². The predicted octanol–water partition coefficient (Wildman–Crippen LogP) is 2.90. The van der Waals surface area contributed by atoms with E-state index in [1.165, 1.54) is 0 Å². The van der Waals surface area contributed by atoms with Gasteiger partial charge in [0.2, 0.25) is 5.91 Å². The molecule has 0 N–H and O–H groups in total. The number of ether oxygens (including phenoxy) is 2. The van der Waals surface area contributed by atoms with Crippen LogP contribution in [0.4, 0.5) is 0 Å². The van der Waals surface area contributed by atoms with Crippen LogP contribution in [0.25, 0.3) is 0 Å². The number of amides is 1. The standard InChI is InChI=1S/C18H21NO3/c1-19(13-15-6-4-5-7-17(15)22-3)18(20)12-14-8-10-16(21-2)11-9-14/h4-11H,12-13H2,1-3H3. The first kappa shape index (κ1) is 15.9. The second-order valence-corrected chi connectivity index (χ2v) is 5.09. The van der Waals surface area contributed by atoms with Crippen molar-refractivity contribution in [1.82, 2.24) is 4.90 Å². The van der Waals surface area contributed by atoms with E-state index in [1.54, 1.807) is 26.2 Å². The van der Waals surface area contributed by atoms with E-state index >= 15 is 0 Å². The fourth-order valence-electron chi connectivity index (χ4n) is 2.23. The molecule has 0 saturated heterocycles. The molecular formula is C18H21NO3. The second kappa shape index (κ2) is 7.50. The van der Waals surface area contributed by atoms with E-state index in [0.29, 0.717) is 13.0 Å². The summed E-state index contributed by atoms with van der Waals surface area (Å²) in [6.45, 7) is 0.527. The van der Waals surface area contributed by atoms with E-state index in [9.17, 15) is 4.79 Å². The minimum atomic E-state index is 0.0658. The number of methoxy groups -OCH3 is 2. The van der Waals surface area contributed by atoms with Gasteiger partial charge in [-0.25, -0.2) is 0 Å². The highest BCUT2D eigenvalue weighted by Crippen LogP contribution is 2.19. The minimum absolute atomic E-state index is 0.0658. The van der Waals surface area contributed by atoms with Gasteiger partial charge in [0.25, 0.3) is 0 Å². The molecule has 0 aliphatic carbocycles. The molecule has 0 aromatic heterocycles. The van der Waals surface area contributed by atoms with Gasteiger partial charge in [0.1, 0.15) is 11.5 Å². The number of benzene rings is 2. The Morgan fingerprint density at radius 2 is 1.68 bits per heavy atom. The third-order valence-electron chi connectivity index (χ3n) is 3.54. The van der Waals surface area contributed by atoms with Crippen molar-refractivity contribution in [3.63, 3.8) is 0 Å². The highest BCUT2D eigenvalue weighted by Gasteiger charge is 2.12. The lowest BCUT2D eigenvalue weighted by Crippen LogP contribution is -2.27. The number of likely N-dealkylation sites (N-methyl/N-ethyl adjacent to an activating group) is 1. The molecule has 2 aromatic carbocycles. The molecule has 1 amide bonds. The number of carbonyl (C=O) groups excluding carboxylic acids is 1. The van der Waals surface area contributed by atoms with E-state index < -0.39 is 0 Å². The smallest absolute Gasteiger partial charge is 0.227 e. The lowest BCUT2D eigenvalue weighted by molar-refractivity contribution is -0.129. The summed E-state index contributed by atoms with van der Waals surface area (Å²) in [5.41, 5.74) is 1.97. The van der Waals surface area contributed by atoms with E-state index in [2.05, 4.69) is 0 Å². The number of nitrogens with zero attached hydrogens (tertiary/aromatic N) is 1. The molecule has 0 bridgehead atoms. The quantitative estimate of drug-likeness (QED) is 0.823. The summed E-state index contributed by atoms with van der Waals surface area (Å²) in [4.78, 5) is 14.0. The van der Waals surface area contributed by atoms with Gasteiger partial charge in [-0.3, -0.25) is 4.79 Å². The molecule has 116 valence electrons. The predicted molar refractivity (Wildman–Crippen MR) is 86.2 cm³/mol. The Bertz CT molecular complexity index is 622. The SMILES string of the molecule is COc1ccc(CC(=O)N(C)Cc2ccccc2OC)cc1. The van der Waals surface area contributed by atoms with Crippen molar-refractivity contribution >= 4 is 5.91 Å². The lowest BCUT2D eigenvalue weighted by Gasteiger charge is -2.19. The molecule has 0 unspecified atom stereocenters. The Morgan fingerprint density at radius 1 is 1.00 bits per heavy atom. The number of hydrogen-bond donors (Lipinski definition) is 0. The molecule has 0 heterocycles. The van der Waals surface area contributed by atoms with E-state index in [-0.39, 0.29) is 5.91 Å². The van der Waals surface area contributed by atoms with Crippen molar-refractivity contribution in [2.75, 3.05) is 21.3 Å². The molecule has 4 heteroatoms. The summed E-state index contributed by atoms with van der Waals surface area (Å²) in [5, 5.41) is 0. The zero-order valence-corrected chi connectivity index (χ0v) is 13.2. The first-order valence-corrected chi connectivity index (χ1v) is 7.13. The number of carbonyl (C=O) groups is 1. The molecule has 0 spiro atoms. The van der Waals surface area contributed by atoms with Crippen LogP contribution in [0.15, 0.2) is 48.5 Å². The van der Waals surface area contributed by atoms with Crippen LogP contribution in [0.5, 0.6) is 11.5 Å². The van der Waals surface area contributed by atoms with Gasteiger partial charge in [0, 0.05) is 19.2 Å². The highest BCUT2D eigenvalue weighted by atomic mass is 16.5. The number of para-hydroxylation sites is 1. The topological polar surface area (TPSA) is 38.8 Å². The summed E-state index contributed by atoms with van der Waals surface area (Å²) >= 11 is 0. The molecule has 0 saturated carbocycles. The maximum atomic E-state index is 12.3. The normalized spacial score (nSPS) is 10.1. The Morgan fingerprint density at radius 3 is 2.32 bits per heavy atom. The molecule has 0 radical (unpaired) electrons. The van der Waals surface area contributed by atoms with Crippen LogP contribution in [0.2, 0.25) is 0 Å². The van der Waals surface area contributed by atoms with Crippen molar-refractivity contribution in [2.45, 2.75) is 13.0 Å². The van der Waals surface area contributed by atoms with Gasteiger partial charge in [0.05, 0.1) is 20.6 Å². The molecule has 4 nitrogen and oxygen atoms in total. The van der Waals surface area contributed by atoms with Gasteiger partial charge >= 0.3 is 0 Å². The van der Waals surface area contributed by atoms with Crippen molar-refractivity contribution in [1.29, 1.82) is 0 Å². The Kier molecular flexibility index (Phi) is 5.42. The van der Waals surface area contributed by atoms with Crippen LogP contribution in [0, 0.1) is 0 Å². The van der Waals surface area contributed by atoms with Crippen molar-refractivity contribution in [2.24, 2.45) is 0 Å². The molecule has 2 aromatic rings. The minimum Gasteiger partial charge on any atom is -0.497 e. The first-order valence-electron chi connectivity index (χ1n) is 7.13. The van der Waals surface area contributed by atoms with Crippen LogP contribution in [0.3, 0.4) is 0 Å². The average Bonchev–Trinajstić information content (AvgIpc) is 2.56. The molecule has 0 fully saturated rings. The first-order chi connectivity index (χ1) is 10.6. The van der Waals surface area contributed by atoms with Crippen LogP contribution in [-0.4, -0.2) is 32.1 Å². The third-order valence-corrected chi connectivity index (χ3v) is 3.54. The summed E-state index contributed by atoms with van der Waals surface area (Å²) in [6, 6.07) is 15.3. The van der Waals surface area contributed by atoms with E-state index in [4.69, 9.17) is 9.47 Å². The monoisotopic (exact) mass is 299 g/mol. The Hall–Kier alpha value is -2.49. The molecule has 0 aliphatic rings. The van der Waals surface area contributed by atoms with Crippen molar-refractivity contribution in [3.05, 3.63) is 59.7 Å². The zero-order chi connectivity index (χ0) is 15.9. The fraction of sp³-hybridized carbons (Fsp3) is 0.278. The van der Waals surface area contributed by atoms with Crippen LogP contribution in [-0.2, 0) is 17.8 Å². The maximum absolute atomic E-state index is 12.3. The second-order valence-electron chi connectivity index (χ2n) is 5.09. The van der Waals surface area contributed by atoms with Gasteiger partial charge < -0.3 is 14.4 Å². The number of hydrogen-bond acceptors (Lipinski definition) is 3. The Balaban J connectivity index is 1.99. The van der Waals surface area contributed by atoms with Crippen LogP contribution in [0.1, 0.15) is 11.1 Å². The maximum Gasteiger partial charge on any atom is 0.227 e. The van der Waals surface area contributed by atoms with Gasteiger partial charge in [-0.15, -0.1) is 0 Å². The Labute approximate surface area is 131 Å². The summed E-state index contributed by atoms with van der Waals surface area (Å²) < 4.78 is 10.4. The fourth-order valence-corrected chi connectivity index (χ4v) is 2.23. The van der Waals surface area contributed by atoms with Gasteiger partial charge in [0.15, 0.2) is 0 Å². The van der Waals surface area contributed by atoms with E-state index in [0.717, 1.165) is 22.6 Å². The molecule has 2 rings (SSSR count). The summed E-state index contributed by atoms with van der Waals surface area (Å²) in [5.74, 6) is 1.65. The summed E-state index contributed by atoms with van der Waals surface area (Å²) in [6.07, 6.45) is 0.371. The number of rotatable bonds is 6. The van der Waals surface area contributed by atoms with Crippen molar-refractivity contribution < 1.29 is 14.3 Å². The highest BCUT2D eigenvalue weighted by molar-refractivity contribution is 5.78. The van der Waals surface area contributed by atoms with Gasteiger partial charge in [-0.05, 0) is 23.8 Å². The van der Waals surface area contributed by atoms with Crippen LogP contribution < -0.4 is 9.47 Å². The van der Waals surface area contributed by atoms with Crippen molar-refractivity contribution in [3.8, 4) is 11.5 Å². The summed E-state index contributed by atoms with van der Waals surface area (Å²) in [7, 11) is 5.07.